The highest BCUT2D eigenvalue weighted by Gasteiger charge is 2.27. The van der Waals surface area contributed by atoms with Crippen molar-refractivity contribution in [2.45, 2.75) is 26.3 Å². The van der Waals surface area contributed by atoms with Gasteiger partial charge in [0.1, 0.15) is 5.82 Å². The van der Waals surface area contributed by atoms with E-state index in [0.717, 1.165) is 30.5 Å². The fraction of sp³-hybridized carbons (Fsp3) is 0.538. The first-order valence-electron chi connectivity index (χ1n) is 5.81. The largest absolute Gasteiger partial charge is 0.312 e. The molecular formula is C13H17BrFN. The molecule has 16 heavy (non-hydrogen) atoms. The highest BCUT2D eigenvalue weighted by molar-refractivity contribution is 9.10. The molecule has 0 saturated heterocycles. The minimum Gasteiger partial charge on any atom is -0.312 e. The lowest BCUT2D eigenvalue weighted by atomic mass is 10.1. The molecule has 1 aromatic rings. The van der Waals surface area contributed by atoms with Crippen molar-refractivity contribution in [2.24, 2.45) is 11.8 Å². The van der Waals surface area contributed by atoms with Crippen LogP contribution < -0.4 is 5.32 Å². The van der Waals surface area contributed by atoms with Gasteiger partial charge in [-0.05, 0) is 64.8 Å². The molecule has 0 aliphatic heterocycles. The Bertz CT molecular complexity index is 363. The Morgan fingerprint density at radius 2 is 2.25 bits per heavy atom. The third kappa shape index (κ3) is 3.29. The molecule has 1 aliphatic carbocycles. The number of rotatable bonds is 5. The molecule has 1 aromatic carbocycles. The third-order valence-electron chi connectivity index (χ3n) is 3.21. The SMILES string of the molecule is CC(CNCc1ccc(Br)c(F)c1)C1CC1. The van der Waals surface area contributed by atoms with Crippen molar-refractivity contribution in [1.82, 2.24) is 5.32 Å². The van der Waals surface area contributed by atoms with E-state index in [4.69, 9.17) is 0 Å². The molecule has 88 valence electrons. The van der Waals surface area contributed by atoms with Gasteiger partial charge < -0.3 is 5.32 Å². The lowest BCUT2D eigenvalue weighted by molar-refractivity contribution is 0.461. The number of benzene rings is 1. The molecule has 0 radical (unpaired) electrons. The van der Waals surface area contributed by atoms with E-state index in [-0.39, 0.29) is 5.82 Å². The van der Waals surface area contributed by atoms with Crippen molar-refractivity contribution in [3.05, 3.63) is 34.1 Å². The summed E-state index contributed by atoms with van der Waals surface area (Å²) in [6.07, 6.45) is 2.77. The Morgan fingerprint density at radius 1 is 1.50 bits per heavy atom. The van der Waals surface area contributed by atoms with Crippen molar-refractivity contribution in [3.63, 3.8) is 0 Å². The Balaban J connectivity index is 1.78. The summed E-state index contributed by atoms with van der Waals surface area (Å²) >= 11 is 3.15. The molecule has 2 rings (SSSR count). The summed E-state index contributed by atoms with van der Waals surface area (Å²) in [7, 11) is 0. The predicted molar refractivity (Wildman–Crippen MR) is 67.7 cm³/mol. The van der Waals surface area contributed by atoms with Crippen LogP contribution >= 0.6 is 15.9 Å². The molecule has 1 aliphatic rings. The summed E-state index contributed by atoms with van der Waals surface area (Å²) in [5, 5.41) is 3.39. The van der Waals surface area contributed by atoms with E-state index in [1.807, 2.05) is 6.07 Å². The zero-order valence-electron chi connectivity index (χ0n) is 9.47. The Labute approximate surface area is 105 Å². The maximum Gasteiger partial charge on any atom is 0.137 e. The van der Waals surface area contributed by atoms with Crippen molar-refractivity contribution in [3.8, 4) is 0 Å². The molecule has 1 fully saturated rings. The summed E-state index contributed by atoms with van der Waals surface area (Å²) in [6.45, 7) is 4.07. The van der Waals surface area contributed by atoms with Crippen molar-refractivity contribution in [2.75, 3.05) is 6.54 Å². The minimum absolute atomic E-state index is 0.186. The van der Waals surface area contributed by atoms with Gasteiger partial charge in [-0.1, -0.05) is 13.0 Å². The average Bonchev–Trinajstić information content (AvgIpc) is 3.07. The van der Waals surface area contributed by atoms with Gasteiger partial charge in [-0.2, -0.15) is 0 Å². The molecule has 0 spiro atoms. The standard InChI is InChI=1S/C13H17BrFN/c1-9(11-3-4-11)7-16-8-10-2-5-12(14)13(15)6-10/h2,5-6,9,11,16H,3-4,7-8H2,1H3. The van der Waals surface area contributed by atoms with Crippen LogP contribution in [0.3, 0.4) is 0 Å². The van der Waals surface area contributed by atoms with Gasteiger partial charge in [0, 0.05) is 6.54 Å². The molecule has 1 N–H and O–H groups in total. The summed E-state index contributed by atoms with van der Waals surface area (Å²) in [5.74, 6) is 1.49. The van der Waals surface area contributed by atoms with Gasteiger partial charge >= 0.3 is 0 Å². The molecule has 0 aromatic heterocycles. The van der Waals surface area contributed by atoms with Crippen molar-refractivity contribution in [1.29, 1.82) is 0 Å². The van der Waals surface area contributed by atoms with E-state index >= 15 is 0 Å². The molecule has 1 atom stereocenters. The third-order valence-corrected chi connectivity index (χ3v) is 3.85. The summed E-state index contributed by atoms with van der Waals surface area (Å²) in [4.78, 5) is 0. The fourth-order valence-electron chi connectivity index (χ4n) is 1.93. The lowest BCUT2D eigenvalue weighted by Crippen LogP contribution is -2.21. The van der Waals surface area contributed by atoms with Gasteiger partial charge in [0.15, 0.2) is 0 Å². The van der Waals surface area contributed by atoms with Crippen LogP contribution in [-0.2, 0) is 6.54 Å². The number of hydrogen-bond acceptors (Lipinski definition) is 1. The second-order valence-electron chi connectivity index (χ2n) is 4.69. The van der Waals surface area contributed by atoms with Crippen LogP contribution in [0.4, 0.5) is 4.39 Å². The molecule has 0 amide bonds. The van der Waals surface area contributed by atoms with E-state index in [1.165, 1.54) is 12.8 Å². The van der Waals surface area contributed by atoms with E-state index in [0.29, 0.717) is 4.47 Å². The summed E-state index contributed by atoms with van der Waals surface area (Å²) in [6, 6.07) is 5.29. The first-order chi connectivity index (χ1) is 7.66. The van der Waals surface area contributed by atoms with E-state index in [1.54, 1.807) is 12.1 Å². The van der Waals surface area contributed by atoms with E-state index < -0.39 is 0 Å². The number of halogens is 2. The van der Waals surface area contributed by atoms with Gasteiger partial charge in [-0.15, -0.1) is 0 Å². The lowest BCUT2D eigenvalue weighted by Gasteiger charge is -2.11. The Kier molecular flexibility index (Phi) is 3.98. The van der Waals surface area contributed by atoms with Gasteiger partial charge in [0.25, 0.3) is 0 Å². The zero-order chi connectivity index (χ0) is 11.5. The fourth-order valence-corrected chi connectivity index (χ4v) is 2.17. The van der Waals surface area contributed by atoms with Gasteiger partial charge in [0.05, 0.1) is 4.47 Å². The highest BCUT2D eigenvalue weighted by Crippen LogP contribution is 2.36. The van der Waals surface area contributed by atoms with Crippen LogP contribution in [0.5, 0.6) is 0 Å². The first kappa shape index (κ1) is 12.1. The molecular weight excluding hydrogens is 269 g/mol. The average molecular weight is 286 g/mol. The summed E-state index contributed by atoms with van der Waals surface area (Å²) < 4.78 is 13.8. The second kappa shape index (κ2) is 5.28. The number of hydrogen-bond donors (Lipinski definition) is 1. The van der Waals surface area contributed by atoms with Crippen molar-refractivity contribution < 1.29 is 4.39 Å². The van der Waals surface area contributed by atoms with Crippen LogP contribution in [-0.4, -0.2) is 6.54 Å². The highest BCUT2D eigenvalue weighted by atomic mass is 79.9. The topological polar surface area (TPSA) is 12.0 Å². The van der Waals surface area contributed by atoms with Gasteiger partial charge in [-0.25, -0.2) is 4.39 Å². The number of nitrogens with one attached hydrogen (secondary N) is 1. The molecule has 1 saturated carbocycles. The van der Waals surface area contributed by atoms with Crippen LogP contribution in [0, 0.1) is 17.7 Å². The monoisotopic (exact) mass is 285 g/mol. The van der Waals surface area contributed by atoms with E-state index in [9.17, 15) is 4.39 Å². The van der Waals surface area contributed by atoms with Crippen LogP contribution in [0.2, 0.25) is 0 Å². The van der Waals surface area contributed by atoms with Crippen LogP contribution in [0.25, 0.3) is 0 Å². The molecule has 1 unspecified atom stereocenters. The first-order valence-corrected chi connectivity index (χ1v) is 6.61. The van der Waals surface area contributed by atoms with Gasteiger partial charge in [0.2, 0.25) is 0 Å². The predicted octanol–water partition coefficient (Wildman–Crippen LogP) is 3.72. The molecule has 1 nitrogen and oxygen atoms in total. The Morgan fingerprint density at radius 3 is 2.88 bits per heavy atom. The molecule has 0 bridgehead atoms. The smallest absolute Gasteiger partial charge is 0.137 e. The molecule has 0 heterocycles. The summed E-state index contributed by atoms with van der Waals surface area (Å²) in [5.41, 5.74) is 1.00. The van der Waals surface area contributed by atoms with Crippen LogP contribution in [0.1, 0.15) is 25.3 Å². The quantitative estimate of drug-likeness (QED) is 0.869. The van der Waals surface area contributed by atoms with Crippen LogP contribution in [0.15, 0.2) is 22.7 Å². The van der Waals surface area contributed by atoms with Gasteiger partial charge in [-0.3, -0.25) is 0 Å². The maximum atomic E-state index is 13.2. The zero-order valence-corrected chi connectivity index (χ0v) is 11.1. The Hall–Kier alpha value is -0.410. The molecule has 3 heteroatoms. The second-order valence-corrected chi connectivity index (χ2v) is 5.55. The normalized spacial score (nSPS) is 17.4. The maximum absolute atomic E-state index is 13.2. The van der Waals surface area contributed by atoms with E-state index in [2.05, 4.69) is 28.2 Å². The minimum atomic E-state index is -0.186. The van der Waals surface area contributed by atoms with Crippen molar-refractivity contribution >= 4 is 15.9 Å².